The molecule has 212 valence electrons. The minimum absolute atomic E-state index is 0.0806. The largest absolute Gasteiger partial charge is 0.495 e. The number of piperidine rings is 1. The predicted octanol–water partition coefficient (Wildman–Crippen LogP) is 6.10. The molecule has 10 heteroatoms. The van der Waals surface area contributed by atoms with E-state index in [4.69, 9.17) is 9.72 Å². The van der Waals surface area contributed by atoms with Crippen LogP contribution in [0.15, 0.2) is 83.1 Å². The first-order valence-corrected chi connectivity index (χ1v) is 15.6. The number of hydrogen-bond donors (Lipinski definition) is 0. The zero-order chi connectivity index (χ0) is 29.1. The van der Waals surface area contributed by atoms with Crippen LogP contribution in [-0.4, -0.2) is 49.6 Å². The number of anilines is 2. The van der Waals surface area contributed by atoms with E-state index in [1.165, 1.54) is 34.7 Å². The Morgan fingerprint density at radius 3 is 2.39 bits per heavy atom. The molecule has 2 heterocycles. The lowest BCUT2D eigenvalue weighted by Gasteiger charge is -2.33. The van der Waals surface area contributed by atoms with Gasteiger partial charge in [0.05, 0.1) is 23.4 Å². The lowest BCUT2D eigenvalue weighted by atomic mass is 9.96. The van der Waals surface area contributed by atoms with Crippen LogP contribution < -0.4 is 9.64 Å². The fraction of sp³-hybridized carbons (Fsp3) is 0.258. The lowest BCUT2D eigenvalue weighted by Crippen LogP contribution is -2.43. The van der Waals surface area contributed by atoms with Crippen LogP contribution in [0.5, 0.6) is 5.75 Å². The molecule has 1 aromatic heterocycles. The summed E-state index contributed by atoms with van der Waals surface area (Å²) >= 11 is 1.37. The highest BCUT2D eigenvalue weighted by molar-refractivity contribution is 7.89. The maximum absolute atomic E-state index is 14.1. The molecule has 0 aliphatic carbocycles. The Morgan fingerprint density at radius 1 is 1.00 bits per heavy atom. The van der Waals surface area contributed by atoms with Crippen LogP contribution in [0.4, 0.5) is 10.8 Å². The summed E-state index contributed by atoms with van der Waals surface area (Å²) in [5.41, 5.74) is 3.80. The lowest BCUT2D eigenvalue weighted by molar-refractivity contribution is -0.122. The second-order valence-electron chi connectivity index (χ2n) is 9.99. The molecule has 1 aliphatic heterocycles. The number of Topliss-reactive ketones (excluding diaryl/α,β-unsaturated/α-hetero) is 1. The zero-order valence-corrected chi connectivity index (χ0v) is 24.7. The van der Waals surface area contributed by atoms with Gasteiger partial charge in [0.15, 0.2) is 10.9 Å². The van der Waals surface area contributed by atoms with Crippen molar-refractivity contribution in [2.75, 3.05) is 25.1 Å². The number of thiazole rings is 1. The monoisotopic (exact) mass is 589 g/mol. The number of amides is 1. The van der Waals surface area contributed by atoms with Gasteiger partial charge in [-0.1, -0.05) is 54.1 Å². The third kappa shape index (κ3) is 5.95. The van der Waals surface area contributed by atoms with Crippen molar-refractivity contribution >= 4 is 43.9 Å². The first-order chi connectivity index (χ1) is 19.7. The van der Waals surface area contributed by atoms with Crippen LogP contribution in [0.2, 0.25) is 0 Å². The first kappa shape index (κ1) is 28.7. The molecular weight excluding hydrogens is 558 g/mol. The quantitative estimate of drug-likeness (QED) is 0.231. The van der Waals surface area contributed by atoms with Gasteiger partial charge in [-0.25, -0.2) is 13.4 Å². The highest BCUT2D eigenvalue weighted by Gasteiger charge is 2.36. The number of methoxy groups -OCH3 is 1. The Hall–Kier alpha value is -3.86. The number of aryl methyl sites for hydroxylation is 1. The molecule has 3 aromatic carbocycles. The molecule has 41 heavy (non-hydrogen) atoms. The second-order valence-corrected chi connectivity index (χ2v) is 12.8. The Morgan fingerprint density at radius 2 is 1.71 bits per heavy atom. The number of para-hydroxylation sites is 2. The number of rotatable bonds is 8. The van der Waals surface area contributed by atoms with Gasteiger partial charge in [-0.15, -0.1) is 11.3 Å². The Kier molecular flexibility index (Phi) is 8.35. The van der Waals surface area contributed by atoms with Gasteiger partial charge < -0.3 is 4.74 Å². The van der Waals surface area contributed by atoms with E-state index in [1.807, 2.05) is 54.8 Å². The van der Waals surface area contributed by atoms with Gasteiger partial charge in [0.25, 0.3) is 0 Å². The van der Waals surface area contributed by atoms with Gasteiger partial charge in [-0.3, -0.25) is 14.5 Å². The summed E-state index contributed by atoms with van der Waals surface area (Å²) in [6.45, 7) is 3.81. The number of ether oxygens (including phenoxy) is 1. The van der Waals surface area contributed by atoms with Gasteiger partial charge in [0.2, 0.25) is 15.9 Å². The molecule has 0 spiro atoms. The summed E-state index contributed by atoms with van der Waals surface area (Å²) < 4.78 is 33.7. The molecule has 1 amide bonds. The number of nitrogens with zero attached hydrogens (tertiary/aromatic N) is 3. The molecule has 1 aliphatic rings. The first-order valence-electron chi connectivity index (χ1n) is 13.3. The molecule has 4 aromatic rings. The zero-order valence-electron chi connectivity index (χ0n) is 23.1. The molecule has 8 nitrogen and oxygen atoms in total. The summed E-state index contributed by atoms with van der Waals surface area (Å²) in [4.78, 5) is 32.4. The second kappa shape index (κ2) is 11.9. The van der Waals surface area contributed by atoms with Crippen LogP contribution in [0.3, 0.4) is 0 Å². The average Bonchev–Trinajstić information content (AvgIpc) is 3.47. The van der Waals surface area contributed by atoms with E-state index in [1.54, 1.807) is 30.2 Å². The van der Waals surface area contributed by atoms with E-state index in [2.05, 4.69) is 0 Å². The molecule has 0 radical (unpaired) electrons. The molecule has 0 N–H and O–H groups in total. The normalized spacial score (nSPS) is 14.5. The fourth-order valence-electron chi connectivity index (χ4n) is 4.90. The smallest absolute Gasteiger partial charge is 0.243 e. The summed E-state index contributed by atoms with van der Waals surface area (Å²) in [6, 6.07) is 21.4. The number of sulfonamides is 1. The van der Waals surface area contributed by atoms with Crippen molar-refractivity contribution in [2.24, 2.45) is 5.92 Å². The third-order valence-electron chi connectivity index (χ3n) is 7.26. The van der Waals surface area contributed by atoms with Crippen LogP contribution in [0.25, 0.3) is 11.3 Å². The van der Waals surface area contributed by atoms with Crippen LogP contribution in [0, 0.1) is 12.8 Å². The molecule has 1 saturated heterocycles. The molecule has 0 saturated carbocycles. The van der Waals surface area contributed by atoms with Crippen molar-refractivity contribution in [3.8, 4) is 17.0 Å². The van der Waals surface area contributed by atoms with E-state index in [0.717, 1.165) is 16.8 Å². The van der Waals surface area contributed by atoms with Crippen molar-refractivity contribution < 1.29 is 22.7 Å². The van der Waals surface area contributed by atoms with Crippen LogP contribution in [0.1, 0.15) is 35.7 Å². The van der Waals surface area contributed by atoms with E-state index in [-0.39, 0.29) is 29.7 Å². The van der Waals surface area contributed by atoms with Gasteiger partial charge in [0, 0.05) is 35.5 Å². The average molecular weight is 590 g/mol. The molecule has 0 unspecified atom stereocenters. The molecule has 0 atom stereocenters. The summed E-state index contributed by atoms with van der Waals surface area (Å²) in [6.07, 6.45) is 0.707. The van der Waals surface area contributed by atoms with E-state index in [0.29, 0.717) is 35.0 Å². The van der Waals surface area contributed by atoms with Gasteiger partial charge >= 0.3 is 0 Å². The van der Waals surface area contributed by atoms with Gasteiger partial charge in [-0.2, -0.15) is 4.31 Å². The summed E-state index contributed by atoms with van der Waals surface area (Å²) in [5.74, 6) is -0.231. The number of benzene rings is 3. The topological polar surface area (TPSA) is 96.9 Å². The number of carbonyl (C=O) groups is 2. The number of carbonyl (C=O) groups excluding carboxylic acids is 2. The maximum atomic E-state index is 14.1. The van der Waals surface area contributed by atoms with Crippen molar-refractivity contribution in [1.29, 1.82) is 0 Å². The molecule has 0 bridgehead atoms. The number of aromatic nitrogens is 1. The highest BCUT2D eigenvalue weighted by atomic mass is 32.2. The molecule has 1 fully saturated rings. The number of hydrogen-bond acceptors (Lipinski definition) is 7. The van der Waals surface area contributed by atoms with Crippen molar-refractivity contribution in [3.63, 3.8) is 0 Å². The van der Waals surface area contributed by atoms with Crippen molar-refractivity contribution in [1.82, 2.24) is 9.29 Å². The van der Waals surface area contributed by atoms with E-state index >= 15 is 0 Å². The maximum Gasteiger partial charge on any atom is 0.243 e. The highest BCUT2D eigenvalue weighted by Crippen LogP contribution is 2.39. The Labute approximate surface area is 244 Å². The van der Waals surface area contributed by atoms with Gasteiger partial charge in [0.1, 0.15) is 5.75 Å². The Bertz CT molecular complexity index is 1670. The predicted molar refractivity (Wildman–Crippen MR) is 160 cm³/mol. The Balaban J connectivity index is 1.41. The summed E-state index contributed by atoms with van der Waals surface area (Å²) in [7, 11) is -2.25. The van der Waals surface area contributed by atoms with Gasteiger partial charge in [-0.05, 0) is 51.0 Å². The van der Waals surface area contributed by atoms with Crippen LogP contribution in [-0.2, 0) is 14.8 Å². The fourth-order valence-corrected chi connectivity index (χ4v) is 7.27. The molecule has 5 rings (SSSR count). The summed E-state index contributed by atoms with van der Waals surface area (Å²) in [5, 5.41) is 2.45. The van der Waals surface area contributed by atoms with Crippen LogP contribution >= 0.6 is 11.3 Å². The number of ketones is 1. The SMILES string of the molecule is COc1ccccc1N(C(=O)C1CCN(S(=O)(=O)c2cccc(C(C)=O)c2)CC1)c1nc(-c2ccc(C)cc2)cs1. The van der Waals surface area contributed by atoms with E-state index in [9.17, 15) is 18.0 Å². The minimum atomic E-state index is -3.81. The minimum Gasteiger partial charge on any atom is -0.495 e. The molecular formula is C31H31N3O5S2. The van der Waals surface area contributed by atoms with E-state index < -0.39 is 15.9 Å². The standard InChI is InChI=1S/C31H31N3O5S2/c1-21-11-13-23(14-12-21)27-20-40-31(32-27)34(28-9-4-5-10-29(28)39-3)30(36)24-15-17-33(18-16-24)41(37,38)26-8-6-7-25(19-26)22(2)35/h4-14,19-20,24H,15-18H2,1-3H3. The van der Waals surface area contributed by atoms with Crippen molar-refractivity contribution in [3.05, 3.63) is 89.3 Å². The third-order valence-corrected chi connectivity index (χ3v) is 9.98. The van der Waals surface area contributed by atoms with Crippen molar-refractivity contribution in [2.45, 2.75) is 31.6 Å².